The Balaban J connectivity index is 1.93. The quantitative estimate of drug-likeness (QED) is 0.845. The molecule has 1 aromatic carbocycles. The van der Waals surface area contributed by atoms with Crippen molar-refractivity contribution in [2.45, 2.75) is 19.4 Å². The van der Waals surface area contributed by atoms with Gasteiger partial charge in [-0.15, -0.1) is 0 Å². The van der Waals surface area contributed by atoms with Gasteiger partial charge >= 0.3 is 0 Å². The van der Waals surface area contributed by atoms with E-state index in [9.17, 15) is 0 Å². The number of nitrogens with two attached hydrogens (primary N) is 1. The summed E-state index contributed by atoms with van der Waals surface area (Å²) in [6, 6.07) is 8.27. The van der Waals surface area contributed by atoms with E-state index in [0.717, 1.165) is 31.2 Å². The molecule has 1 heterocycles. The van der Waals surface area contributed by atoms with Gasteiger partial charge in [0.15, 0.2) is 0 Å². The van der Waals surface area contributed by atoms with Gasteiger partial charge in [-0.05, 0) is 37.9 Å². The van der Waals surface area contributed by atoms with Crippen molar-refractivity contribution in [2.75, 3.05) is 26.7 Å². The summed E-state index contributed by atoms with van der Waals surface area (Å²) >= 11 is 0. The maximum atomic E-state index is 5.61. The fourth-order valence-corrected chi connectivity index (χ4v) is 2.60. The van der Waals surface area contributed by atoms with Crippen LogP contribution in [0.1, 0.15) is 18.4 Å². The molecule has 17 heavy (non-hydrogen) atoms. The minimum Gasteiger partial charge on any atom is -0.496 e. The molecule has 1 saturated heterocycles. The van der Waals surface area contributed by atoms with E-state index in [4.69, 9.17) is 10.5 Å². The molecule has 2 rings (SSSR count). The van der Waals surface area contributed by atoms with Crippen molar-refractivity contribution in [1.29, 1.82) is 0 Å². The third-order valence-corrected chi connectivity index (χ3v) is 3.53. The fourth-order valence-electron chi connectivity index (χ4n) is 2.60. The molecule has 94 valence electrons. The van der Waals surface area contributed by atoms with Gasteiger partial charge in [-0.2, -0.15) is 0 Å². The van der Waals surface area contributed by atoms with Gasteiger partial charge in [0.1, 0.15) is 5.75 Å². The van der Waals surface area contributed by atoms with Crippen LogP contribution in [-0.4, -0.2) is 31.6 Å². The van der Waals surface area contributed by atoms with Crippen molar-refractivity contribution in [3.8, 4) is 5.75 Å². The van der Waals surface area contributed by atoms with Gasteiger partial charge in [-0.3, -0.25) is 4.90 Å². The Morgan fingerprint density at radius 3 is 3.00 bits per heavy atom. The average Bonchev–Trinajstić information content (AvgIpc) is 2.78. The van der Waals surface area contributed by atoms with Crippen LogP contribution in [0.3, 0.4) is 0 Å². The van der Waals surface area contributed by atoms with Crippen LogP contribution in [0.15, 0.2) is 24.3 Å². The second-order valence-electron chi connectivity index (χ2n) is 4.78. The fraction of sp³-hybridized carbons (Fsp3) is 0.571. The van der Waals surface area contributed by atoms with Crippen LogP contribution in [-0.2, 0) is 6.54 Å². The standard InChI is InChI=1S/C14H22N2O/c1-17-14-5-3-2-4-13(14)11-16-9-7-12(10-16)6-8-15/h2-5,12H,6-11,15H2,1H3. The summed E-state index contributed by atoms with van der Waals surface area (Å²) in [5, 5.41) is 0. The first-order valence-electron chi connectivity index (χ1n) is 6.37. The number of para-hydroxylation sites is 1. The lowest BCUT2D eigenvalue weighted by Gasteiger charge is -2.17. The van der Waals surface area contributed by atoms with Crippen molar-refractivity contribution >= 4 is 0 Å². The molecule has 3 heteroatoms. The van der Waals surface area contributed by atoms with Crippen molar-refractivity contribution in [2.24, 2.45) is 11.7 Å². The van der Waals surface area contributed by atoms with Gasteiger partial charge in [0.25, 0.3) is 0 Å². The van der Waals surface area contributed by atoms with Crippen LogP contribution < -0.4 is 10.5 Å². The van der Waals surface area contributed by atoms with Crippen LogP contribution in [0.4, 0.5) is 0 Å². The molecule has 0 amide bonds. The van der Waals surface area contributed by atoms with E-state index in [0.29, 0.717) is 0 Å². The summed E-state index contributed by atoms with van der Waals surface area (Å²) in [6.07, 6.45) is 2.44. The Morgan fingerprint density at radius 2 is 2.24 bits per heavy atom. The lowest BCUT2D eigenvalue weighted by molar-refractivity contribution is 0.306. The lowest BCUT2D eigenvalue weighted by Crippen LogP contribution is -2.21. The number of nitrogens with zero attached hydrogens (tertiary/aromatic N) is 1. The zero-order valence-corrected chi connectivity index (χ0v) is 10.6. The van der Waals surface area contributed by atoms with Gasteiger partial charge in [0.2, 0.25) is 0 Å². The molecule has 3 nitrogen and oxygen atoms in total. The Hall–Kier alpha value is -1.06. The zero-order valence-electron chi connectivity index (χ0n) is 10.6. The van der Waals surface area contributed by atoms with Crippen molar-refractivity contribution in [3.63, 3.8) is 0 Å². The maximum absolute atomic E-state index is 5.61. The molecule has 2 N–H and O–H groups in total. The first-order chi connectivity index (χ1) is 8.33. The molecule has 0 radical (unpaired) electrons. The minimum atomic E-state index is 0.787. The second kappa shape index (κ2) is 6.03. The first-order valence-corrected chi connectivity index (χ1v) is 6.37. The van der Waals surface area contributed by atoms with Gasteiger partial charge in [-0.25, -0.2) is 0 Å². The minimum absolute atomic E-state index is 0.787. The summed E-state index contributed by atoms with van der Waals surface area (Å²) in [5.41, 5.74) is 6.89. The molecule has 1 aromatic rings. The smallest absolute Gasteiger partial charge is 0.123 e. The number of rotatable bonds is 5. The number of hydrogen-bond acceptors (Lipinski definition) is 3. The summed E-state index contributed by atoms with van der Waals surface area (Å²) in [7, 11) is 1.74. The molecule has 1 unspecified atom stereocenters. The van der Waals surface area contributed by atoms with Gasteiger partial charge in [0.05, 0.1) is 7.11 Å². The highest BCUT2D eigenvalue weighted by Crippen LogP contribution is 2.24. The molecule has 0 saturated carbocycles. The van der Waals surface area contributed by atoms with E-state index in [1.54, 1.807) is 7.11 Å². The van der Waals surface area contributed by atoms with Crippen LogP contribution >= 0.6 is 0 Å². The number of hydrogen-bond donors (Lipinski definition) is 1. The highest BCUT2D eigenvalue weighted by Gasteiger charge is 2.22. The maximum Gasteiger partial charge on any atom is 0.123 e. The van der Waals surface area contributed by atoms with E-state index in [2.05, 4.69) is 17.0 Å². The SMILES string of the molecule is COc1ccccc1CN1CCC(CCN)C1. The molecule has 0 aliphatic carbocycles. The highest BCUT2D eigenvalue weighted by atomic mass is 16.5. The topological polar surface area (TPSA) is 38.5 Å². The number of benzene rings is 1. The molecule has 0 spiro atoms. The van der Waals surface area contributed by atoms with E-state index in [1.807, 2.05) is 12.1 Å². The third kappa shape index (κ3) is 3.20. The van der Waals surface area contributed by atoms with Crippen molar-refractivity contribution in [1.82, 2.24) is 4.90 Å². The van der Waals surface area contributed by atoms with Gasteiger partial charge in [-0.1, -0.05) is 18.2 Å². The van der Waals surface area contributed by atoms with Crippen molar-refractivity contribution in [3.05, 3.63) is 29.8 Å². The zero-order chi connectivity index (χ0) is 12.1. The summed E-state index contributed by atoms with van der Waals surface area (Å²) in [5.74, 6) is 1.78. The Morgan fingerprint density at radius 1 is 1.41 bits per heavy atom. The summed E-state index contributed by atoms with van der Waals surface area (Å²) in [6.45, 7) is 4.16. The predicted molar refractivity (Wildman–Crippen MR) is 70.0 cm³/mol. The molecule has 1 aliphatic heterocycles. The van der Waals surface area contributed by atoms with Crippen LogP contribution in [0.5, 0.6) is 5.75 Å². The Kier molecular flexibility index (Phi) is 4.40. The number of ether oxygens (including phenoxy) is 1. The summed E-state index contributed by atoms with van der Waals surface area (Å²) in [4.78, 5) is 2.50. The molecule has 0 aromatic heterocycles. The van der Waals surface area contributed by atoms with Crippen LogP contribution in [0.2, 0.25) is 0 Å². The van der Waals surface area contributed by atoms with Gasteiger partial charge in [0, 0.05) is 18.7 Å². The van der Waals surface area contributed by atoms with Crippen molar-refractivity contribution < 1.29 is 4.74 Å². The van der Waals surface area contributed by atoms with Crippen LogP contribution in [0, 0.1) is 5.92 Å². The molecular formula is C14H22N2O. The Labute approximate surface area is 104 Å². The van der Waals surface area contributed by atoms with E-state index in [1.165, 1.54) is 25.1 Å². The highest BCUT2D eigenvalue weighted by molar-refractivity contribution is 5.33. The second-order valence-corrected chi connectivity index (χ2v) is 4.78. The largest absolute Gasteiger partial charge is 0.496 e. The molecule has 1 atom stereocenters. The normalized spacial score (nSPS) is 20.7. The molecule has 1 aliphatic rings. The molecule has 1 fully saturated rings. The van der Waals surface area contributed by atoms with Crippen LogP contribution in [0.25, 0.3) is 0 Å². The Bertz CT molecular complexity index is 354. The molecular weight excluding hydrogens is 212 g/mol. The summed E-state index contributed by atoms with van der Waals surface area (Å²) < 4.78 is 5.38. The first kappa shape index (κ1) is 12.4. The number of likely N-dealkylation sites (tertiary alicyclic amines) is 1. The monoisotopic (exact) mass is 234 g/mol. The lowest BCUT2D eigenvalue weighted by atomic mass is 10.1. The van der Waals surface area contributed by atoms with E-state index in [-0.39, 0.29) is 0 Å². The van der Waals surface area contributed by atoms with E-state index >= 15 is 0 Å². The van der Waals surface area contributed by atoms with E-state index < -0.39 is 0 Å². The average molecular weight is 234 g/mol. The predicted octanol–water partition coefficient (Wildman–Crippen LogP) is 1.87. The molecule has 0 bridgehead atoms. The number of methoxy groups -OCH3 is 1. The van der Waals surface area contributed by atoms with Gasteiger partial charge < -0.3 is 10.5 Å². The third-order valence-electron chi connectivity index (χ3n) is 3.53.